The van der Waals surface area contributed by atoms with Crippen molar-refractivity contribution in [3.05, 3.63) is 23.8 Å². The second-order valence-corrected chi connectivity index (χ2v) is 8.76. The number of aryl methyl sites for hydroxylation is 1. The van der Waals surface area contributed by atoms with Gasteiger partial charge in [-0.2, -0.15) is 0 Å². The minimum absolute atomic E-state index is 0.0308. The second kappa shape index (κ2) is 6.98. The van der Waals surface area contributed by atoms with Crippen molar-refractivity contribution in [2.45, 2.75) is 31.7 Å². The molecule has 144 valence electrons. The molecule has 0 saturated carbocycles. The first-order valence-electron chi connectivity index (χ1n) is 8.25. The SMILES string of the molecule is O=C(CN1CCCc2cc(OC(F)(F)F)ccc21)N[C@H]1CCS(=O)(=O)C1. The minimum Gasteiger partial charge on any atom is -0.406 e. The van der Waals surface area contributed by atoms with Crippen LogP contribution in [0.15, 0.2) is 18.2 Å². The van der Waals surface area contributed by atoms with Crippen LogP contribution in [-0.4, -0.2) is 51.3 Å². The summed E-state index contributed by atoms with van der Waals surface area (Å²) in [6, 6.07) is 3.71. The molecule has 1 amide bonds. The van der Waals surface area contributed by atoms with E-state index in [0.717, 1.165) is 0 Å². The first kappa shape index (κ1) is 18.8. The maximum Gasteiger partial charge on any atom is 0.573 e. The number of amides is 1. The summed E-state index contributed by atoms with van der Waals surface area (Å²) in [7, 11) is -3.08. The van der Waals surface area contributed by atoms with Crippen molar-refractivity contribution < 1.29 is 31.1 Å². The summed E-state index contributed by atoms with van der Waals surface area (Å²) in [5.74, 6) is -0.547. The predicted molar refractivity (Wildman–Crippen MR) is 88.9 cm³/mol. The van der Waals surface area contributed by atoms with Crippen molar-refractivity contribution in [2.24, 2.45) is 0 Å². The smallest absolute Gasteiger partial charge is 0.406 e. The van der Waals surface area contributed by atoms with Gasteiger partial charge < -0.3 is 15.0 Å². The third-order valence-corrected chi connectivity index (χ3v) is 6.20. The van der Waals surface area contributed by atoms with Gasteiger partial charge >= 0.3 is 6.36 Å². The lowest BCUT2D eigenvalue weighted by molar-refractivity contribution is -0.274. The highest BCUT2D eigenvalue weighted by molar-refractivity contribution is 7.91. The van der Waals surface area contributed by atoms with E-state index in [1.165, 1.54) is 18.2 Å². The summed E-state index contributed by atoms with van der Waals surface area (Å²) >= 11 is 0. The number of halogens is 3. The zero-order valence-corrected chi connectivity index (χ0v) is 14.7. The molecule has 3 rings (SSSR count). The molecule has 1 aromatic carbocycles. The molecule has 2 aliphatic rings. The van der Waals surface area contributed by atoms with Gasteiger partial charge in [0.15, 0.2) is 9.84 Å². The van der Waals surface area contributed by atoms with Crippen molar-refractivity contribution >= 4 is 21.4 Å². The fraction of sp³-hybridized carbons (Fsp3) is 0.562. The Labute approximate surface area is 149 Å². The predicted octanol–water partition coefficient (Wildman–Crippen LogP) is 1.64. The van der Waals surface area contributed by atoms with E-state index in [2.05, 4.69) is 10.1 Å². The molecule has 0 bridgehead atoms. The van der Waals surface area contributed by atoms with Crippen molar-refractivity contribution in [3.63, 3.8) is 0 Å². The Morgan fingerprint density at radius 2 is 2.12 bits per heavy atom. The average Bonchev–Trinajstić information content (AvgIpc) is 2.84. The maximum absolute atomic E-state index is 12.3. The normalized spacial score (nSPS) is 22.0. The topological polar surface area (TPSA) is 75.7 Å². The molecule has 10 heteroatoms. The number of sulfone groups is 1. The number of carbonyl (C=O) groups is 1. The maximum atomic E-state index is 12.3. The monoisotopic (exact) mass is 392 g/mol. The van der Waals surface area contributed by atoms with Gasteiger partial charge in [-0.1, -0.05) is 0 Å². The zero-order chi connectivity index (χ0) is 18.9. The Bertz CT molecular complexity index is 795. The summed E-state index contributed by atoms with van der Waals surface area (Å²) < 4.78 is 63.9. The van der Waals surface area contributed by atoms with Gasteiger partial charge in [-0.25, -0.2) is 8.42 Å². The van der Waals surface area contributed by atoms with Crippen molar-refractivity contribution in [1.82, 2.24) is 5.32 Å². The summed E-state index contributed by atoms with van der Waals surface area (Å²) in [5, 5.41) is 2.72. The highest BCUT2D eigenvalue weighted by atomic mass is 32.2. The molecule has 0 aliphatic carbocycles. The molecule has 0 unspecified atom stereocenters. The van der Waals surface area contributed by atoms with Crippen LogP contribution in [0, 0.1) is 0 Å². The van der Waals surface area contributed by atoms with Gasteiger partial charge in [0, 0.05) is 18.3 Å². The van der Waals surface area contributed by atoms with E-state index in [4.69, 9.17) is 0 Å². The molecular formula is C16H19F3N2O4S. The number of benzene rings is 1. The van der Waals surface area contributed by atoms with Crippen LogP contribution >= 0.6 is 0 Å². The standard InChI is InChI=1S/C16H19F3N2O4S/c17-16(18,19)25-13-3-4-14-11(8-13)2-1-6-21(14)9-15(22)20-12-5-7-26(23,24)10-12/h3-4,8,12H,1-2,5-7,9-10H2,(H,20,22)/t12-/m0/s1. The number of fused-ring (bicyclic) bond motifs is 1. The van der Waals surface area contributed by atoms with Crippen molar-refractivity contribution in [3.8, 4) is 5.75 Å². The second-order valence-electron chi connectivity index (χ2n) is 6.53. The summed E-state index contributed by atoms with van der Waals surface area (Å²) in [5.41, 5.74) is 1.38. The number of ether oxygens (including phenoxy) is 1. The quantitative estimate of drug-likeness (QED) is 0.843. The number of carbonyl (C=O) groups excluding carboxylic acids is 1. The number of nitrogens with zero attached hydrogens (tertiary/aromatic N) is 1. The highest BCUT2D eigenvalue weighted by Crippen LogP contribution is 2.32. The van der Waals surface area contributed by atoms with Gasteiger partial charge in [-0.3, -0.25) is 4.79 Å². The number of alkyl halides is 3. The molecule has 26 heavy (non-hydrogen) atoms. The number of nitrogens with one attached hydrogen (secondary N) is 1. The van der Waals surface area contributed by atoms with E-state index >= 15 is 0 Å². The van der Waals surface area contributed by atoms with Crippen LogP contribution in [0.25, 0.3) is 0 Å². The Morgan fingerprint density at radius 3 is 2.77 bits per heavy atom. The molecule has 6 nitrogen and oxygen atoms in total. The fourth-order valence-electron chi connectivity index (χ4n) is 3.37. The van der Waals surface area contributed by atoms with Gasteiger partial charge in [0.1, 0.15) is 5.75 Å². The Balaban J connectivity index is 1.65. The number of anilines is 1. The van der Waals surface area contributed by atoms with E-state index in [1.807, 2.05) is 0 Å². The first-order valence-corrected chi connectivity index (χ1v) is 10.1. The Hall–Kier alpha value is -1.97. The summed E-state index contributed by atoms with van der Waals surface area (Å²) in [4.78, 5) is 14.0. The zero-order valence-electron chi connectivity index (χ0n) is 13.9. The molecule has 0 aromatic heterocycles. The average molecular weight is 392 g/mol. The van der Waals surface area contributed by atoms with Gasteiger partial charge in [0.2, 0.25) is 5.91 Å². The van der Waals surface area contributed by atoms with Gasteiger partial charge in [-0.05, 0) is 43.0 Å². The van der Waals surface area contributed by atoms with E-state index in [0.29, 0.717) is 37.1 Å². The molecule has 0 spiro atoms. The lowest BCUT2D eigenvalue weighted by atomic mass is 10.0. The molecule has 0 radical (unpaired) electrons. The van der Waals surface area contributed by atoms with Crippen LogP contribution in [0.1, 0.15) is 18.4 Å². The van der Waals surface area contributed by atoms with E-state index < -0.39 is 16.2 Å². The Kier molecular flexibility index (Phi) is 5.05. The van der Waals surface area contributed by atoms with E-state index in [1.54, 1.807) is 4.90 Å². The minimum atomic E-state index is -4.75. The molecule has 2 aliphatic heterocycles. The molecule has 1 saturated heterocycles. The number of hydrogen-bond acceptors (Lipinski definition) is 5. The van der Waals surface area contributed by atoms with Crippen LogP contribution in [-0.2, 0) is 21.1 Å². The van der Waals surface area contributed by atoms with Crippen LogP contribution in [0.2, 0.25) is 0 Å². The molecule has 2 heterocycles. The molecule has 1 fully saturated rings. The molecule has 1 atom stereocenters. The third-order valence-electron chi connectivity index (χ3n) is 4.43. The summed E-state index contributed by atoms with van der Waals surface area (Å²) in [6.45, 7) is 0.631. The van der Waals surface area contributed by atoms with Gasteiger partial charge in [-0.15, -0.1) is 13.2 Å². The number of hydrogen-bond donors (Lipinski definition) is 1. The van der Waals surface area contributed by atoms with Crippen LogP contribution in [0.3, 0.4) is 0 Å². The first-order chi connectivity index (χ1) is 12.1. The third kappa shape index (κ3) is 4.80. The van der Waals surface area contributed by atoms with Crippen LogP contribution in [0.5, 0.6) is 5.75 Å². The fourth-order valence-corrected chi connectivity index (χ4v) is 5.04. The lowest BCUT2D eigenvalue weighted by Gasteiger charge is -2.31. The molecule has 1 aromatic rings. The largest absolute Gasteiger partial charge is 0.573 e. The lowest BCUT2D eigenvalue weighted by Crippen LogP contribution is -2.44. The summed E-state index contributed by atoms with van der Waals surface area (Å²) in [6.07, 6.45) is -3.04. The van der Waals surface area contributed by atoms with Crippen LogP contribution < -0.4 is 15.0 Å². The molecular weight excluding hydrogens is 373 g/mol. The van der Waals surface area contributed by atoms with Crippen molar-refractivity contribution in [1.29, 1.82) is 0 Å². The van der Waals surface area contributed by atoms with Gasteiger partial charge in [0.25, 0.3) is 0 Å². The molecule has 1 N–H and O–H groups in total. The van der Waals surface area contributed by atoms with E-state index in [9.17, 15) is 26.4 Å². The van der Waals surface area contributed by atoms with Crippen LogP contribution in [0.4, 0.5) is 18.9 Å². The Morgan fingerprint density at radius 1 is 1.35 bits per heavy atom. The number of rotatable bonds is 4. The van der Waals surface area contributed by atoms with Crippen molar-refractivity contribution in [2.75, 3.05) is 29.5 Å². The van der Waals surface area contributed by atoms with E-state index in [-0.39, 0.29) is 35.7 Å². The highest BCUT2D eigenvalue weighted by Gasteiger charge is 2.32. The van der Waals surface area contributed by atoms with Gasteiger partial charge in [0.05, 0.1) is 18.1 Å².